The summed E-state index contributed by atoms with van der Waals surface area (Å²) in [6.45, 7) is 0.542. The molecule has 5 nitrogen and oxygen atoms in total. The first-order valence-corrected chi connectivity index (χ1v) is 5.48. The Morgan fingerprint density at radius 2 is 2.14 bits per heavy atom. The van der Waals surface area contributed by atoms with E-state index in [1.807, 2.05) is 0 Å². The van der Waals surface area contributed by atoms with Crippen molar-refractivity contribution in [3.05, 3.63) is 23.8 Å². The third-order valence-corrected chi connectivity index (χ3v) is 2.83. The Balaban J connectivity index is 2.49. The van der Waals surface area contributed by atoms with Gasteiger partial charge in [-0.15, -0.1) is 0 Å². The molecule has 14 heavy (non-hydrogen) atoms. The van der Waals surface area contributed by atoms with E-state index in [1.165, 1.54) is 12.1 Å². The van der Waals surface area contributed by atoms with Crippen LogP contribution >= 0.6 is 0 Å². The summed E-state index contributed by atoms with van der Waals surface area (Å²) in [5, 5.41) is 4.98. The molecule has 1 aliphatic rings. The molecule has 0 aliphatic carbocycles. The second-order valence-electron chi connectivity index (χ2n) is 2.93. The monoisotopic (exact) mass is 215 g/mol. The molecule has 1 aromatic rings. The predicted molar refractivity (Wildman–Crippen MR) is 48.1 cm³/mol. The van der Waals surface area contributed by atoms with Gasteiger partial charge in [-0.25, -0.2) is 13.6 Å². The molecular weight excluding hydrogens is 206 g/mol. The van der Waals surface area contributed by atoms with Gasteiger partial charge < -0.3 is 9.47 Å². The van der Waals surface area contributed by atoms with E-state index in [4.69, 9.17) is 14.6 Å². The lowest BCUT2D eigenvalue weighted by Gasteiger charge is -2.17. The van der Waals surface area contributed by atoms with Crippen LogP contribution in [0.5, 0.6) is 5.75 Å². The SMILES string of the molecule is NS(=O)(=O)c1ccc2c(c1)COCO2. The van der Waals surface area contributed by atoms with Crippen LogP contribution in [0.2, 0.25) is 0 Å². The number of fused-ring (bicyclic) bond motifs is 1. The largest absolute Gasteiger partial charge is 0.467 e. The Labute approximate surface area is 81.5 Å². The van der Waals surface area contributed by atoms with Crippen molar-refractivity contribution in [1.29, 1.82) is 0 Å². The second kappa shape index (κ2) is 3.23. The summed E-state index contributed by atoms with van der Waals surface area (Å²) in [6.07, 6.45) is 0. The molecule has 1 aliphatic heterocycles. The first kappa shape index (κ1) is 9.45. The number of hydrogen-bond donors (Lipinski definition) is 1. The molecule has 1 aromatic carbocycles. The topological polar surface area (TPSA) is 78.6 Å². The molecule has 0 amide bonds. The lowest BCUT2D eigenvalue weighted by Crippen LogP contribution is -2.15. The maximum absolute atomic E-state index is 11.0. The van der Waals surface area contributed by atoms with Crippen LogP contribution in [-0.4, -0.2) is 15.2 Å². The van der Waals surface area contributed by atoms with Crippen LogP contribution < -0.4 is 9.88 Å². The lowest BCUT2D eigenvalue weighted by atomic mass is 10.2. The third kappa shape index (κ3) is 1.72. The highest BCUT2D eigenvalue weighted by molar-refractivity contribution is 7.89. The zero-order chi connectivity index (χ0) is 10.2. The standard InChI is InChI=1S/C8H9NO4S/c9-14(10,11)7-1-2-8-6(3-7)4-12-5-13-8/h1-3H,4-5H2,(H2,9,10,11). The van der Waals surface area contributed by atoms with Gasteiger partial charge in [0.1, 0.15) is 5.75 Å². The van der Waals surface area contributed by atoms with E-state index < -0.39 is 10.0 Å². The number of benzene rings is 1. The molecule has 0 atom stereocenters. The van der Waals surface area contributed by atoms with Gasteiger partial charge in [-0.3, -0.25) is 0 Å². The fraction of sp³-hybridized carbons (Fsp3) is 0.250. The van der Waals surface area contributed by atoms with E-state index in [0.29, 0.717) is 17.9 Å². The summed E-state index contributed by atoms with van der Waals surface area (Å²) in [7, 11) is -3.65. The zero-order valence-corrected chi connectivity index (χ0v) is 8.08. The molecule has 0 fully saturated rings. The van der Waals surface area contributed by atoms with Crippen LogP contribution in [0.3, 0.4) is 0 Å². The van der Waals surface area contributed by atoms with E-state index in [2.05, 4.69) is 0 Å². The van der Waals surface area contributed by atoms with Crippen molar-refractivity contribution in [3.63, 3.8) is 0 Å². The van der Waals surface area contributed by atoms with E-state index in [0.717, 1.165) is 0 Å². The zero-order valence-electron chi connectivity index (χ0n) is 7.26. The molecule has 6 heteroatoms. The molecule has 0 aromatic heterocycles. The van der Waals surface area contributed by atoms with Crippen LogP contribution in [-0.2, 0) is 21.4 Å². The van der Waals surface area contributed by atoms with Gasteiger partial charge in [0, 0.05) is 5.56 Å². The minimum atomic E-state index is -3.65. The normalized spacial score (nSPS) is 15.8. The Hall–Kier alpha value is -1.11. The Bertz CT molecular complexity index is 454. The van der Waals surface area contributed by atoms with E-state index >= 15 is 0 Å². The maximum atomic E-state index is 11.0. The summed E-state index contributed by atoms with van der Waals surface area (Å²) in [5.41, 5.74) is 0.697. The third-order valence-electron chi connectivity index (χ3n) is 1.92. The number of nitrogens with two attached hydrogens (primary N) is 1. The van der Waals surface area contributed by atoms with Gasteiger partial charge in [0.2, 0.25) is 10.0 Å². The highest BCUT2D eigenvalue weighted by Crippen LogP contribution is 2.25. The maximum Gasteiger partial charge on any atom is 0.238 e. The van der Waals surface area contributed by atoms with Gasteiger partial charge >= 0.3 is 0 Å². The molecular formula is C8H9NO4S. The van der Waals surface area contributed by atoms with Gasteiger partial charge in [0.05, 0.1) is 11.5 Å². The molecule has 0 saturated heterocycles. The Morgan fingerprint density at radius 3 is 2.86 bits per heavy atom. The van der Waals surface area contributed by atoms with Gasteiger partial charge in [0.25, 0.3) is 0 Å². The smallest absolute Gasteiger partial charge is 0.238 e. The van der Waals surface area contributed by atoms with Crippen molar-refractivity contribution in [3.8, 4) is 5.75 Å². The Morgan fingerprint density at radius 1 is 1.36 bits per heavy atom. The number of rotatable bonds is 1. The van der Waals surface area contributed by atoms with Gasteiger partial charge in [-0.05, 0) is 18.2 Å². The first-order valence-electron chi connectivity index (χ1n) is 3.93. The van der Waals surface area contributed by atoms with E-state index in [9.17, 15) is 8.42 Å². The van der Waals surface area contributed by atoms with Gasteiger partial charge in [-0.1, -0.05) is 0 Å². The van der Waals surface area contributed by atoms with Crippen molar-refractivity contribution in [2.45, 2.75) is 11.5 Å². The summed E-state index contributed by atoms with van der Waals surface area (Å²) in [6, 6.07) is 4.46. The van der Waals surface area contributed by atoms with Crippen LogP contribution in [0.4, 0.5) is 0 Å². The summed E-state index contributed by atoms with van der Waals surface area (Å²) in [5.74, 6) is 0.642. The van der Waals surface area contributed by atoms with Gasteiger partial charge in [0.15, 0.2) is 6.79 Å². The predicted octanol–water partition coefficient (Wildman–Crippen LogP) is 0.201. The van der Waals surface area contributed by atoms with Crippen LogP contribution in [0, 0.1) is 0 Å². The number of ether oxygens (including phenoxy) is 2. The van der Waals surface area contributed by atoms with Crippen molar-refractivity contribution in [1.82, 2.24) is 0 Å². The van der Waals surface area contributed by atoms with Crippen molar-refractivity contribution in [2.75, 3.05) is 6.79 Å². The lowest BCUT2D eigenvalue weighted by molar-refractivity contribution is -0.0165. The fourth-order valence-corrected chi connectivity index (χ4v) is 1.81. The minimum Gasteiger partial charge on any atom is -0.467 e. The molecule has 2 N–H and O–H groups in total. The number of hydrogen-bond acceptors (Lipinski definition) is 4. The average Bonchev–Trinajstić information content (AvgIpc) is 2.16. The quantitative estimate of drug-likeness (QED) is 0.725. The highest BCUT2D eigenvalue weighted by Gasteiger charge is 2.14. The fourth-order valence-electron chi connectivity index (χ4n) is 1.24. The van der Waals surface area contributed by atoms with E-state index in [-0.39, 0.29) is 11.7 Å². The minimum absolute atomic E-state index is 0.0744. The summed E-state index contributed by atoms with van der Waals surface area (Å²) < 4.78 is 32.2. The van der Waals surface area contributed by atoms with Gasteiger partial charge in [-0.2, -0.15) is 0 Å². The molecule has 0 spiro atoms. The number of primary sulfonamides is 1. The van der Waals surface area contributed by atoms with E-state index in [1.54, 1.807) is 6.07 Å². The van der Waals surface area contributed by atoms with Crippen molar-refractivity contribution < 1.29 is 17.9 Å². The first-order chi connectivity index (χ1) is 6.57. The number of sulfonamides is 1. The average molecular weight is 215 g/mol. The second-order valence-corrected chi connectivity index (χ2v) is 4.49. The van der Waals surface area contributed by atoms with Crippen LogP contribution in [0.15, 0.2) is 23.1 Å². The Kier molecular flexibility index (Phi) is 2.18. The molecule has 0 bridgehead atoms. The van der Waals surface area contributed by atoms with Crippen LogP contribution in [0.25, 0.3) is 0 Å². The van der Waals surface area contributed by atoms with Crippen LogP contribution in [0.1, 0.15) is 5.56 Å². The molecule has 76 valence electrons. The molecule has 0 unspecified atom stereocenters. The van der Waals surface area contributed by atoms with Crippen molar-refractivity contribution >= 4 is 10.0 Å². The highest BCUT2D eigenvalue weighted by atomic mass is 32.2. The summed E-state index contributed by atoms with van der Waals surface area (Å²) in [4.78, 5) is 0.0744. The molecule has 0 radical (unpaired) electrons. The summed E-state index contributed by atoms with van der Waals surface area (Å²) >= 11 is 0. The molecule has 1 heterocycles. The van der Waals surface area contributed by atoms with Crippen molar-refractivity contribution in [2.24, 2.45) is 5.14 Å². The molecule has 2 rings (SSSR count). The molecule has 0 saturated carbocycles.